The number of rotatable bonds is 13. The van der Waals surface area contributed by atoms with Gasteiger partial charge in [-0.25, -0.2) is 18.1 Å². The number of fused-ring (bicyclic) bond motifs is 1. The van der Waals surface area contributed by atoms with Crippen LogP contribution in [-0.2, 0) is 37.5 Å². The number of nitrogens with zero attached hydrogens (tertiary/aromatic N) is 3. The molecule has 0 saturated heterocycles. The third-order valence-electron chi connectivity index (χ3n) is 5.38. The lowest BCUT2D eigenvalue weighted by atomic mass is 10.2. The molecule has 0 spiro atoms. The van der Waals surface area contributed by atoms with Crippen LogP contribution in [0.25, 0.3) is 11.0 Å². The highest BCUT2D eigenvalue weighted by atomic mass is 32.2. The van der Waals surface area contributed by atoms with Gasteiger partial charge >= 0.3 is 5.97 Å². The number of benzene rings is 2. The van der Waals surface area contributed by atoms with Crippen LogP contribution in [0.1, 0.15) is 26.1 Å². The van der Waals surface area contributed by atoms with Crippen molar-refractivity contribution in [2.24, 2.45) is 0 Å². The summed E-state index contributed by atoms with van der Waals surface area (Å²) in [6.07, 6.45) is -1.06. The molecule has 2 atom stereocenters. The van der Waals surface area contributed by atoms with Gasteiger partial charge in [0, 0.05) is 18.7 Å². The first kappa shape index (κ1) is 28.8. The lowest BCUT2D eigenvalue weighted by Crippen LogP contribution is -2.38. The summed E-state index contributed by atoms with van der Waals surface area (Å²) in [5.41, 5.74) is 2.01. The van der Waals surface area contributed by atoms with Gasteiger partial charge in [-0.15, -0.1) is 0 Å². The molecular formula is C25H31N5O7S. The van der Waals surface area contributed by atoms with Gasteiger partial charge in [-0.3, -0.25) is 9.59 Å². The van der Waals surface area contributed by atoms with E-state index in [1.165, 1.54) is 25.1 Å². The van der Waals surface area contributed by atoms with Gasteiger partial charge in [0.25, 0.3) is 0 Å². The van der Waals surface area contributed by atoms with E-state index in [0.717, 1.165) is 16.9 Å². The van der Waals surface area contributed by atoms with Gasteiger partial charge < -0.3 is 29.4 Å². The molecule has 3 N–H and O–H groups in total. The fraction of sp³-hybridized carbons (Fsp3) is 0.360. The normalized spacial score (nSPS) is 13.3. The Morgan fingerprint density at radius 3 is 2.55 bits per heavy atom. The number of ether oxygens (including phenoxy) is 1. The number of carbonyl (C=O) groups is 3. The Hall–Kier alpha value is -3.81. The smallest absolute Gasteiger partial charge is 0.305 e. The zero-order valence-corrected chi connectivity index (χ0v) is 22.4. The molecule has 1 heterocycles. The Kier molecular flexibility index (Phi) is 9.20. The van der Waals surface area contributed by atoms with Crippen LogP contribution in [-0.4, -0.2) is 72.4 Å². The van der Waals surface area contributed by atoms with Gasteiger partial charge in [0.1, 0.15) is 28.9 Å². The molecule has 1 amide bonds. The standard InChI is InChI=1S/C25H31N5O7S/c1-16(13-30-21-8-6-5-7-20(21)27-24(30)14-29(3)4)37-22-11-18(26-17(2)32)9-10-23(22)38(35,36)28-19(15-31)12-25(33)34/h5-11,15-16,19,28H,12-14H2,1-4H3,(H,26,32)(H,33,34)/t16-,19?/m1/s1. The van der Waals surface area contributed by atoms with Crippen molar-refractivity contribution in [3.8, 4) is 5.75 Å². The number of sulfonamides is 1. The van der Waals surface area contributed by atoms with Crippen LogP contribution in [0.4, 0.5) is 5.69 Å². The Morgan fingerprint density at radius 2 is 1.92 bits per heavy atom. The molecule has 1 aromatic heterocycles. The van der Waals surface area contributed by atoms with Gasteiger partial charge in [0.2, 0.25) is 15.9 Å². The van der Waals surface area contributed by atoms with E-state index in [2.05, 4.69) is 10.0 Å². The Morgan fingerprint density at radius 1 is 1.21 bits per heavy atom. The summed E-state index contributed by atoms with van der Waals surface area (Å²) in [5.74, 6) is -0.971. The maximum Gasteiger partial charge on any atom is 0.305 e. The molecule has 0 bridgehead atoms. The van der Waals surface area contributed by atoms with E-state index >= 15 is 0 Å². The van der Waals surface area contributed by atoms with Crippen LogP contribution in [0.5, 0.6) is 5.75 Å². The van der Waals surface area contributed by atoms with Crippen LogP contribution in [0.2, 0.25) is 0 Å². The number of anilines is 1. The van der Waals surface area contributed by atoms with E-state index in [4.69, 9.17) is 14.8 Å². The maximum atomic E-state index is 13.1. The first-order chi connectivity index (χ1) is 17.9. The lowest BCUT2D eigenvalue weighted by molar-refractivity contribution is -0.138. The highest BCUT2D eigenvalue weighted by molar-refractivity contribution is 7.89. The molecule has 12 nitrogen and oxygen atoms in total. The van der Waals surface area contributed by atoms with Crippen molar-refractivity contribution in [1.29, 1.82) is 0 Å². The summed E-state index contributed by atoms with van der Waals surface area (Å²) in [5, 5.41) is 11.6. The third kappa shape index (κ3) is 7.37. The number of hydrogen-bond acceptors (Lipinski definition) is 8. The molecule has 0 fully saturated rings. The second kappa shape index (κ2) is 12.2. The van der Waals surface area contributed by atoms with Crippen molar-refractivity contribution in [1.82, 2.24) is 19.2 Å². The third-order valence-corrected chi connectivity index (χ3v) is 6.91. The Labute approximate surface area is 220 Å². The van der Waals surface area contributed by atoms with Crippen LogP contribution in [0.15, 0.2) is 47.4 Å². The van der Waals surface area contributed by atoms with Crippen molar-refractivity contribution in [2.75, 3.05) is 19.4 Å². The van der Waals surface area contributed by atoms with Gasteiger partial charge in [0.15, 0.2) is 0 Å². The average Bonchev–Trinajstić information content (AvgIpc) is 3.13. The molecule has 3 aromatic rings. The zero-order chi connectivity index (χ0) is 28.0. The summed E-state index contributed by atoms with van der Waals surface area (Å²) < 4.78 is 36.5. The molecular weight excluding hydrogens is 514 g/mol. The van der Waals surface area contributed by atoms with Crippen molar-refractivity contribution < 1.29 is 32.6 Å². The lowest BCUT2D eigenvalue weighted by Gasteiger charge is -2.21. The number of imidazole rings is 1. The fourth-order valence-electron chi connectivity index (χ4n) is 3.92. The minimum atomic E-state index is -4.37. The first-order valence-corrected chi connectivity index (χ1v) is 13.2. The predicted molar refractivity (Wildman–Crippen MR) is 140 cm³/mol. The van der Waals surface area contributed by atoms with E-state index < -0.39 is 34.6 Å². The summed E-state index contributed by atoms with van der Waals surface area (Å²) in [7, 11) is -0.510. The minimum Gasteiger partial charge on any atom is -0.487 e. The number of carboxylic acid groups (broad SMARTS) is 1. The molecule has 2 aromatic carbocycles. The van der Waals surface area contributed by atoms with Gasteiger partial charge in [0.05, 0.1) is 36.6 Å². The number of aromatic nitrogens is 2. The molecule has 0 aliphatic carbocycles. The SMILES string of the molecule is CC(=O)Nc1ccc(S(=O)(=O)NC(C=O)CC(=O)O)c(O[C@H](C)Cn2c(CN(C)C)nc3ccccc32)c1. The van der Waals surface area contributed by atoms with Gasteiger partial charge in [-0.05, 0) is 45.3 Å². The summed E-state index contributed by atoms with van der Waals surface area (Å²) in [6.45, 7) is 3.98. The topological polar surface area (TPSA) is 160 Å². The van der Waals surface area contributed by atoms with Crippen molar-refractivity contribution in [3.63, 3.8) is 0 Å². The molecule has 1 unspecified atom stereocenters. The zero-order valence-electron chi connectivity index (χ0n) is 21.5. The molecule has 38 heavy (non-hydrogen) atoms. The Balaban J connectivity index is 1.96. The second-order valence-corrected chi connectivity index (χ2v) is 10.8. The van der Waals surface area contributed by atoms with E-state index in [0.29, 0.717) is 18.8 Å². The molecule has 204 valence electrons. The van der Waals surface area contributed by atoms with Gasteiger partial charge in [-0.1, -0.05) is 12.1 Å². The number of carboxylic acids is 1. The van der Waals surface area contributed by atoms with Gasteiger partial charge in [-0.2, -0.15) is 0 Å². The number of amides is 1. The quantitative estimate of drug-likeness (QED) is 0.272. The number of para-hydroxylation sites is 2. The second-order valence-electron chi connectivity index (χ2n) is 9.10. The van der Waals surface area contributed by atoms with Crippen LogP contribution in [0, 0.1) is 0 Å². The predicted octanol–water partition coefficient (Wildman–Crippen LogP) is 1.84. The van der Waals surface area contributed by atoms with Crippen LogP contribution >= 0.6 is 0 Å². The molecule has 0 aliphatic rings. The van der Waals surface area contributed by atoms with Crippen LogP contribution in [0.3, 0.4) is 0 Å². The van der Waals surface area contributed by atoms with Crippen molar-refractivity contribution in [3.05, 3.63) is 48.3 Å². The highest BCUT2D eigenvalue weighted by Gasteiger charge is 2.26. The first-order valence-electron chi connectivity index (χ1n) is 11.8. The number of aliphatic carboxylic acids is 1. The molecule has 13 heteroatoms. The van der Waals surface area contributed by atoms with E-state index in [9.17, 15) is 22.8 Å². The number of carbonyl (C=O) groups excluding carboxylic acids is 2. The Bertz CT molecular complexity index is 1440. The summed E-state index contributed by atoms with van der Waals surface area (Å²) in [4.78, 5) is 40.3. The summed E-state index contributed by atoms with van der Waals surface area (Å²) >= 11 is 0. The van der Waals surface area contributed by atoms with Crippen LogP contribution < -0.4 is 14.8 Å². The maximum absolute atomic E-state index is 13.1. The number of aldehydes is 1. The molecule has 0 aliphatic heterocycles. The summed E-state index contributed by atoms with van der Waals surface area (Å²) in [6, 6.07) is 10.1. The van der Waals surface area contributed by atoms with Crippen molar-refractivity contribution >= 4 is 44.9 Å². The fourth-order valence-corrected chi connectivity index (χ4v) is 5.20. The largest absolute Gasteiger partial charge is 0.487 e. The monoisotopic (exact) mass is 545 g/mol. The van der Waals surface area contributed by atoms with E-state index in [-0.39, 0.29) is 22.8 Å². The molecule has 0 radical (unpaired) electrons. The molecule has 0 saturated carbocycles. The van der Waals surface area contributed by atoms with Crippen molar-refractivity contribution in [2.45, 2.75) is 50.4 Å². The van der Waals surface area contributed by atoms with E-state index in [1.54, 1.807) is 6.92 Å². The molecule has 3 rings (SSSR count). The van der Waals surface area contributed by atoms with E-state index in [1.807, 2.05) is 47.8 Å². The minimum absolute atomic E-state index is 0.0743. The average molecular weight is 546 g/mol. The highest BCUT2D eigenvalue weighted by Crippen LogP contribution is 2.29. The number of nitrogens with one attached hydrogen (secondary N) is 2. The number of hydrogen-bond donors (Lipinski definition) is 3.